The highest BCUT2D eigenvalue weighted by molar-refractivity contribution is 5.58. The Morgan fingerprint density at radius 3 is 2.59 bits per heavy atom. The number of alkyl halides is 1. The van der Waals surface area contributed by atoms with E-state index in [2.05, 4.69) is 20.3 Å². The smallest absolute Gasteiger partial charge is 0.278 e. The van der Waals surface area contributed by atoms with Gasteiger partial charge in [-0.1, -0.05) is 29.4 Å². The van der Waals surface area contributed by atoms with E-state index in [9.17, 15) is 4.39 Å². The van der Waals surface area contributed by atoms with Crippen molar-refractivity contribution < 1.29 is 13.7 Å². The van der Waals surface area contributed by atoms with Crippen molar-refractivity contribution in [2.45, 2.75) is 12.6 Å². The first-order valence-electron chi connectivity index (χ1n) is 6.88. The van der Waals surface area contributed by atoms with Gasteiger partial charge in [-0.15, -0.1) is 0 Å². The molecule has 1 aliphatic heterocycles. The molecule has 1 fully saturated rings. The maximum atomic E-state index is 14.2. The maximum absolute atomic E-state index is 14.2. The maximum Gasteiger partial charge on any atom is 0.278 e. The lowest BCUT2D eigenvalue weighted by Crippen LogP contribution is -2.42. The molecule has 1 saturated heterocycles. The molecule has 3 aromatic rings. The van der Waals surface area contributed by atoms with Crippen molar-refractivity contribution >= 4 is 0 Å². The van der Waals surface area contributed by atoms with Gasteiger partial charge >= 0.3 is 0 Å². The molecular weight excluding hydrogens is 287 g/mol. The number of aromatic nitrogens is 4. The Labute approximate surface area is 125 Å². The van der Waals surface area contributed by atoms with Crippen molar-refractivity contribution in [2.75, 3.05) is 13.2 Å². The number of rotatable bonds is 3. The minimum Gasteiger partial charge on any atom is -0.374 e. The molecule has 7 heteroatoms. The third kappa shape index (κ3) is 2.10. The molecule has 0 amide bonds. The molecular formula is C15H13FN4O2. The van der Waals surface area contributed by atoms with Gasteiger partial charge in [-0.25, -0.2) is 4.39 Å². The fourth-order valence-electron chi connectivity index (χ4n) is 2.34. The molecule has 2 aromatic heterocycles. The van der Waals surface area contributed by atoms with Gasteiger partial charge in [-0.05, 0) is 18.6 Å². The number of hydrogen-bond donors (Lipinski definition) is 1. The first-order valence-corrected chi connectivity index (χ1v) is 6.88. The minimum atomic E-state index is -1.37. The highest BCUT2D eigenvalue weighted by atomic mass is 19.1. The van der Waals surface area contributed by atoms with Gasteiger partial charge < -0.3 is 9.26 Å². The molecule has 4 rings (SSSR count). The summed E-state index contributed by atoms with van der Waals surface area (Å²) < 4.78 is 24.4. The zero-order chi connectivity index (χ0) is 15.2. The second-order valence-corrected chi connectivity index (χ2v) is 5.39. The van der Waals surface area contributed by atoms with Crippen molar-refractivity contribution in [3.63, 3.8) is 0 Å². The Bertz CT molecular complexity index is 805. The number of ether oxygens (including phenoxy) is 1. The lowest BCUT2D eigenvalue weighted by Gasteiger charge is -2.34. The van der Waals surface area contributed by atoms with Crippen LogP contribution in [0.1, 0.15) is 11.3 Å². The first kappa shape index (κ1) is 13.1. The number of nitrogens with zero attached hydrogens (tertiary/aromatic N) is 3. The summed E-state index contributed by atoms with van der Waals surface area (Å²) in [6.07, 6.45) is 0. The quantitative estimate of drug-likeness (QED) is 0.804. The monoisotopic (exact) mass is 300 g/mol. The van der Waals surface area contributed by atoms with E-state index in [-0.39, 0.29) is 13.2 Å². The van der Waals surface area contributed by atoms with E-state index in [0.29, 0.717) is 23.0 Å². The van der Waals surface area contributed by atoms with E-state index in [1.165, 1.54) is 0 Å². The zero-order valence-electron chi connectivity index (χ0n) is 11.8. The number of halogens is 1. The van der Waals surface area contributed by atoms with Crippen molar-refractivity contribution in [1.29, 1.82) is 0 Å². The van der Waals surface area contributed by atoms with Gasteiger partial charge in [0.25, 0.3) is 5.89 Å². The van der Waals surface area contributed by atoms with Crippen LogP contribution in [0.2, 0.25) is 0 Å². The summed E-state index contributed by atoms with van der Waals surface area (Å²) in [5.74, 6) is 0.790. The van der Waals surface area contributed by atoms with Crippen molar-refractivity contribution in [1.82, 2.24) is 20.3 Å². The fourth-order valence-corrected chi connectivity index (χ4v) is 2.34. The summed E-state index contributed by atoms with van der Waals surface area (Å²) in [6, 6.07) is 8.84. The SMILES string of the molecule is Cc1cc(-c2nc(-c3ccc(C4(F)COC4)cc3)no2)n[nH]1. The Hall–Kier alpha value is -2.54. The van der Waals surface area contributed by atoms with Gasteiger partial charge in [-0.3, -0.25) is 5.10 Å². The van der Waals surface area contributed by atoms with Crippen molar-refractivity contribution in [3.8, 4) is 23.0 Å². The van der Waals surface area contributed by atoms with Gasteiger partial charge in [0.15, 0.2) is 11.4 Å². The first-order chi connectivity index (χ1) is 10.6. The number of aryl methyl sites for hydroxylation is 1. The van der Waals surface area contributed by atoms with Crippen LogP contribution in [0.25, 0.3) is 23.0 Å². The van der Waals surface area contributed by atoms with Crippen LogP contribution in [0.15, 0.2) is 34.9 Å². The van der Waals surface area contributed by atoms with Crippen LogP contribution in [-0.2, 0) is 10.4 Å². The summed E-state index contributed by atoms with van der Waals surface area (Å²) in [6.45, 7) is 2.11. The Morgan fingerprint density at radius 2 is 2.00 bits per heavy atom. The Kier molecular flexibility index (Phi) is 2.83. The van der Waals surface area contributed by atoms with E-state index >= 15 is 0 Å². The fraction of sp³-hybridized carbons (Fsp3) is 0.267. The van der Waals surface area contributed by atoms with Gasteiger partial charge in [-0.2, -0.15) is 10.1 Å². The number of hydrogen-bond acceptors (Lipinski definition) is 5. The molecule has 0 aliphatic carbocycles. The number of H-pyrrole nitrogens is 1. The van der Waals surface area contributed by atoms with Gasteiger partial charge in [0.1, 0.15) is 0 Å². The molecule has 1 aliphatic rings. The molecule has 0 spiro atoms. The van der Waals surface area contributed by atoms with E-state index in [1.54, 1.807) is 24.3 Å². The lowest BCUT2D eigenvalue weighted by molar-refractivity contribution is -0.135. The lowest BCUT2D eigenvalue weighted by atomic mass is 9.93. The van der Waals surface area contributed by atoms with Crippen LogP contribution < -0.4 is 0 Å². The Morgan fingerprint density at radius 1 is 1.23 bits per heavy atom. The van der Waals surface area contributed by atoms with Crippen LogP contribution in [0, 0.1) is 6.92 Å². The second-order valence-electron chi connectivity index (χ2n) is 5.39. The highest BCUT2D eigenvalue weighted by Gasteiger charge is 2.40. The third-order valence-corrected chi connectivity index (χ3v) is 3.67. The standard InChI is InChI=1S/C15H13FN4O2/c1-9-6-12(19-18-9)14-17-13(20-22-14)10-2-4-11(5-3-10)15(16)7-21-8-15/h2-6H,7-8H2,1H3,(H,18,19). The molecule has 0 atom stereocenters. The predicted molar refractivity (Wildman–Crippen MR) is 75.7 cm³/mol. The van der Waals surface area contributed by atoms with Crippen LogP contribution in [-0.4, -0.2) is 33.6 Å². The summed E-state index contributed by atoms with van der Waals surface area (Å²) in [4.78, 5) is 4.31. The number of aromatic amines is 1. The molecule has 1 N–H and O–H groups in total. The molecule has 0 radical (unpaired) electrons. The molecule has 22 heavy (non-hydrogen) atoms. The summed E-state index contributed by atoms with van der Waals surface area (Å²) in [5, 5.41) is 10.8. The van der Waals surface area contributed by atoms with Crippen LogP contribution in [0.3, 0.4) is 0 Å². The molecule has 3 heterocycles. The van der Waals surface area contributed by atoms with Gasteiger partial charge in [0, 0.05) is 11.3 Å². The average molecular weight is 300 g/mol. The summed E-state index contributed by atoms with van der Waals surface area (Å²) in [5.41, 5.74) is 1.51. The van der Waals surface area contributed by atoms with Crippen LogP contribution >= 0.6 is 0 Å². The van der Waals surface area contributed by atoms with E-state index in [0.717, 1.165) is 11.3 Å². The topological polar surface area (TPSA) is 76.8 Å². The van der Waals surface area contributed by atoms with E-state index in [1.807, 2.05) is 13.0 Å². The van der Waals surface area contributed by atoms with Crippen molar-refractivity contribution in [2.24, 2.45) is 0 Å². The minimum absolute atomic E-state index is 0.108. The van der Waals surface area contributed by atoms with E-state index < -0.39 is 5.67 Å². The molecule has 0 bridgehead atoms. The molecule has 6 nitrogen and oxygen atoms in total. The normalized spacial score (nSPS) is 16.5. The molecule has 0 saturated carbocycles. The van der Waals surface area contributed by atoms with Gasteiger partial charge in [0.05, 0.1) is 13.2 Å². The summed E-state index contributed by atoms with van der Waals surface area (Å²) >= 11 is 0. The number of benzene rings is 1. The average Bonchev–Trinajstić information content (AvgIpc) is 3.14. The highest BCUT2D eigenvalue weighted by Crippen LogP contribution is 2.34. The molecule has 0 unspecified atom stereocenters. The predicted octanol–water partition coefficient (Wildman–Crippen LogP) is 2.63. The third-order valence-electron chi connectivity index (χ3n) is 3.67. The zero-order valence-corrected chi connectivity index (χ0v) is 11.8. The second kappa shape index (κ2) is 4.74. The molecule has 1 aromatic carbocycles. The largest absolute Gasteiger partial charge is 0.374 e. The van der Waals surface area contributed by atoms with E-state index in [4.69, 9.17) is 9.26 Å². The van der Waals surface area contributed by atoms with Crippen LogP contribution in [0.5, 0.6) is 0 Å². The number of nitrogens with one attached hydrogen (secondary N) is 1. The van der Waals surface area contributed by atoms with Crippen LogP contribution in [0.4, 0.5) is 4.39 Å². The van der Waals surface area contributed by atoms with Gasteiger partial charge in [0.2, 0.25) is 5.82 Å². The summed E-state index contributed by atoms with van der Waals surface area (Å²) in [7, 11) is 0. The van der Waals surface area contributed by atoms with Crippen molar-refractivity contribution in [3.05, 3.63) is 41.6 Å². The Balaban J connectivity index is 1.61. The molecule has 112 valence electrons.